The first-order chi connectivity index (χ1) is 9.06. The Bertz CT molecular complexity index is 688. The van der Waals surface area contributed by atoms with Gasteiger partial charge in [-0.15, -0.1) is 0 Å². The van der Waals surface area contributed by atoms with Crippen LogP contribution in [-0.4, -0.2) is 20.7 Å². The molecule has 0 aliphatic heterocycles. The minimum absolute atomic E-state index is 0.0559. The Morgan fingerprint density at radius 2 is 2.00 bits per heavy atom. The summed E-state index contributed by atoms with van der Waals surface area (Å²) < 4.78 is 1.52. The number of aliphatic carboxylic acids is 1. The lowest BCUT2D eigenvalue weighted by Crippen LogP contribution is -2.25. The molecule has 0 spiro atoms. The standard InChI is InChI=1S/C14H15NO4/c1-2-7-15-11-6-4-3-5-9(11)13(18)10(14(15)19)8-12(16)17/h3-6,18H,2,7-8H2,1H3,(H,16,17). The summed E-state index contributed by atoms with van der Waals surface area (Å²) in [6, 6.07) is 6.95. The Labute approximate surface area is 109 Å². The maximum Gasteiger partial charge on any atom is 0.308 e. The SMILES string of the molecule is CCCn1c(=O)c(CC(=O)O)c(O)c2ccccc21. The first-order valence-corrected chi connectivity index (χ1v) is 6.11. The van der Waals surface area contributed by atoms with Gasteiger partial charge < -0.3 is 14.8 Å². The smallest absolute Gasteiger partial charge is 0.308 e. The molecule has 0 unspecified atom stereocenters. The van der Waals surface area contributed by atoms with Crippen molar-refractivity contribution < 1.29 is 15.0 Å². The number of carbonyl (C=O) groups is 1. The number of pyridine rings is 1. The minimum atomic E-state index is -1.13. The zero-order valence-electron chi connectivity index (χ0n) is 10.6. The topological polar surface area (TPSA) is 79.5 Å². The highest BCUT2D eigenvalue weighted by atomic mass is 16.4. The molecule has 1 heterocycles. The number of fused-ring (bicyclic) bond motifs is 1. The number of carboxylic acid groups (broad SMARTS) is 1. The van der Waals surface area contributed by atoms with Crippen molar-refractivity contribution in [1.82, 2.24) is 4.57 Å². The quantitative estimate of drug-likeness (QED) is 0.878. The van der Waals surface area contributed by atoms with Gasteiger partial charge in [0.2, 0.25) is 0 Å². The van der Waals surface area contributed by atoms with E-state index in [9.17, 15) is 14.7 Å². The second kappa shape index (κ2) is 5.14. The summed E-state index contributed by atoms with van der Waals surface area (Å²) in [7, 11) is 0. The van der Waals surface area contributed by atoms with Crippen molar-refractivity contribution in [1.29, 1.82) is 0 Å². The number of para-hydroxylation sites is 1. The van der Waals surface area contributed by atoms with E-state index < -0.39 is 17.9 Å². The maximum atomic E-state index is 12.3. The first kappa shape index (κ1) is 13.1. The third kappa shape index (κ3) is 2.31. The predicted molar refractivity (Wildman–Crippen MR) is 71.5 cm³/mol. The second-order valence-corrected chi connectivity index (χ2v) is 4.37. The molecule has 0 aliphatic rings. The van der Waals surface area contributed by atoms with Crippen LogP contribution in [0.3, 0.4) is 0 Å². The van der Waals surface area contributed by atoms with Gasteiger partial charge in [0, 0.05) is 11.9 Å². The Hall–Kier alpha value is -2.30. The van der Waals surface area contributed by atoms with E-state index in [1.807, 2.05) is 6.92 Å². The van der Waals surface area contributed by atoms with E-state index in [0.29, 0.717) is 17.4 Å². The molecule has 0 amide bonds. The lowest BCUT2D eigenvalue weighted by atomic mass is 10.1. The van der Waals surface area contributed by atoms with Crippen molar-refractivity contribution in [3.8, 4) is 5.75 Å². The number of nitrogens with zero attached hydrogens (tertiary/aromatic N) is 1. The van der Waals surface area contributed by atoms with Crippen LogP contribution in [0.2, 0.25) is 0 Å². The molecule has 0 saturated heterocycles. The number of aromatic hydroxyl groups is 1. The van der Waals surface area contributed by atoms with Crippen molar-refractivity contribution in [2.24, 2.45) is 0 Å². The third-order valence-corrected chi connectivity index (χ3v) is 3.01. The molecule has 19 heavy (non-hydrogen) atoms. The molecule has 0 aliphatic carbocycles. The average molecular weight is 261 g/mol. The van der Waals surface area contributed by atoms with E-state index >= 15 is 0 Å². The molecule has 0 fully saturated rings. The van der Waals surface area contributed by atoms with E-state index in [4.69, 9.17) is 5.11 Å². The van der Waals surface area contributed by atoms with Crippen molar-refractivity contribution in [3.63, 3.8) is 0 Å². The van der Waals surface area contributed by atoms with Crippen molar-refractivity contribution in [3.05, 3.63) is 40.2 Å². The number of rotatable bonds is 4. The molecule has 0 radical (unpaired) electrons. The molecule has 1 aromatic heterocycles. The maximum absolute atomic E-state index is 12.3. The largest absolute Gasteiger partial charge is 0.507 e. The molecule has 2 N–H and O–H groups in total. The van der Waals surface area contributed by atoms with Crippen LogP contribution in [0.4, 0.5) is 0 Å². The predicted octanol–water partition coefficient (Wildman–Crippen LogP) is 1.74. The van der Waals surface area contributed by atoms with Crippen LogP contribution in [0, 0.1) is 0 Å². The van der Waals surface area contributed by atoms with Gasteiger partial charge in [-0.1, -0.05) is 19.1 Å². The second-order valence-electron chi connectivity index (χ2n) is 4.37. The normalized spacial score (nSPS) is 10.8. The lowest BCUT2D eigenvalue weighted by Gasteiger charge is -2.13. The van der Waals surface area contributed by atoms with Crippen molar-refractivity contribution in [2.45, 2.75) is 26.3 Å². The van der Waals surface area contributed by atoms with Crippen LogP contribution in [-0.2, 0) is 17.8 Å². The van der Waals surface area contributed by atoms with Crippen molar-refractivity contribution in [2.75, 3.05) is 0 Å². The van der Waals surface area contributed by atoms with E-state index in [1.165, 1.54) is 4.57 Å². The molecule has 0 saturated carbocycles. The van der Waals surface area contributed by atoms with Crippen LogP contribution in [0.1, 0.15) is 18.9 Å². The van der Waals surface area contributed by atoms with E-state index in [-0.39, 0.29) is 11.3 Å². The fourth-order valence-electron chi connectivity index (χ4n) is 2.20. The average Bonchev–Trinajstić information content (AvgIpc) is 2.39. The fraction of sp³-hybridized carbons (Fsp3) is 0.286. The molecule has 5 heteroatoms. The van der Waals surface area contributed by atoms with Gasteiger partial charge in [0.25, 0.3) is 5.56 Å². The molecule has 1 aromatic carbocycles. The zero-order valence-corrected chi connectivity index (χ0v) is 10.6. The van der Waals surface area contributed by atoms with Crippen LogP contribution >= 0.6 is 0 Å². The Morgan fingerprint density at radius 3 is 2.63 bits per heavy atom. The summed E-state index contributed by atoms with van der Waals surface area (Å²) in [6.07, 6.45) is 0.278. The zero-order chi connectivity index (χ0) is 14.0. The monoisotopic (exact) mass is 261 g/mol. The molecular weight excluding hydrogens is 246 g/mol. The van der Waals surface area contributed by atoms with Crippen LogP contribution < -0.4 is 5.56 Å². The summed E-state index contributed by atoms with van der Waals surface area (Å²) in [5.41, 5.74) is 0.140. The van der Waals surface area contributed by atoms with Crippen LogP contribution in [0.5, 0.6) is 5.75 Å². The number of benzene rings is 1. The third-order valence-electron chi connectivity index (χ3n) is 3.01. The number of aryl methyl sites for hydroxylation is 1. The molecule has 0 atom stereocenters. The first-order valence-electron chi connectivity index (χ1n) is 6.11. The number of hydrogen-bond donors (Lipinski definition) is 2. The van der Waals surface area contributed by atoms with Gasteiger partial charge in [-0.2, -0.15) is 0 Å². The Balaban J connectivity index is 2.83. The van der Waals surface area contributed by atoms with Gasteiger partial charge in [-0.25, -0.2) is 0 Å². The van der Waals surface area contributed by atoms with Gasteiger partial charge >= 0.3 is 5.97 Å². The summed E-state index contributed by atoms with van der Waals surface area (Å²) >= 11 is 0. The van der Waals surface area contributed by atoms with Gasteiger partial charge in [0.05, 0.1) is 17.5 Å². The molecule has 2 rings (SSSR count). The lowest BCUT2D eigenvalue weighted by molar-refractivity contribution is -0.136. The number of hydrogen-bond acceptors (Lipinski definition) is 3. The minimum Gasteiger partial charge on any atom is -0.507 e. The van der Waals surface area contributed by atoms with Gasteiger partial charge in [0.1, 0.15) is 5.75 Å². The van der Waals surface area contributed by atoms with Gasteiger partial charge in [0.15, 0.2) is 0 Å². The van der Waals surface area contributed by atoms with E-state index in [1.54, 1.807) is 24.3 Å². The van der Waals surface area contributed by atoms with Crippen LogP contribution in [0.25, 0.3) is 10.9 Å². The molecule has 2 aromatic rings. The Kier molecular flexibility index (Phi) is 3.55. The number of aromatic nitrogens is 1. The van der Waals surface area contributed by atoms with Crippen molar-refractivity contribution >= 4 is 16.9 Å². The molecular formula is C14H15NO4. The molecule has 100 valence electrons. The molecule has 0 bridgehead atoms. The van der Waals surface area contributed by atoms with E-state index in [0.717, 1.165) is 6.42 Å². The highest BCUT2D eigenvalue weighted by Gasteiger charge is 2.17. The summed E-state index contributed by atoms with van der Waals surface area (Å²) in [5, 5.41) is 19.5. The fourth-order valence-corrected chi connectivity index (χ4v) is 2.20. The highest BCUT2D eigenvalue weighted by Crippen LogP contribution is 2.26. The summed E-state index contributed by atoms with van der Waals surface area (Å²) in [4.78, 5) is 23.1. The van der Waals surface area contributed by atoms with E-state index in [2.05, 4.69) is 0 Å². The van der Waals surface area contributed by atoms with Gasteiger partial charge in [-0.05, 0) is 18.6 Å². The van der Waals surface area contributed by atoms with Gasteiger partial charge in [-0.3, -0.25) is 9.59 Å². The summed E-state index contributed by atoms with van der Waals surface area (Å²) in [6.45, 7) is 2.43. The number of carboxylic acids is 1. The Morgan fingerprint density at radius 1 is 1.32 bits per heavy atom. The highest BCUT2D eigenvalue weighted by molar-refractivity contribution is 5.87. The summed E-state index contributed by atoms with van der Waals surface area (Å²) in [5.74, 6) is -1.36. The molecule has 5 nitrogen and oxygen atoms in total. The van der Waals surface area contributed by atoms with Crippen LogP contribution in [0.15, 0.2) is 29.1 Å².